The van der Waals surface area contributed by atoms with E-state index in [0.29, 0.717) is 0 Å². The van der Waals surface area contributed by atoms with Crippen molar-refractivity contribution < 1.29 is 0 Å². The number of piperidine rings is 1. The lowest BCUT2D eigenvalue weighted by Gasteiger charge is -2.50. The predicted molar refractivity (Wildman–Crippen MR) is 107 cm³/mol. The summed E-state index contributed by atoms with van der Waals surface area (Å²) in [6.07, 6.45) is 13.1. The summed E-state index contributed by atoms with van der Waals surface area (Å²) in [6, 6.07) is 0. The molecule has 2 aliphatic heterocycles. The Morgan fingerprint density at radius 2 is 1.93 bits per heavy atom. The highest BCUT2D eigenvalue weighted by Crippen LogP contribution is 2.42. The lowest BCUT2D eigenvalue weighted by Crippen LogP contribution is -2.56. The number of likely N-dealkylation sites (tertiary alicyclic amines) is 1. The average molecular weight is 371 g/mol. The van der Waals surface area contributed by atoms with Gasteiger partial charge < -0.3 is 9.55 Å². The van der Waals surface area contributed by atoms with Gasteiger partial charge in [-0.2, -0.15) is 0 Å². The van der Waals surface area contributed by atoms with Crippen molar-refractivity contribution in [3.8, 4) is 0 Å². The number of unbranched alkanes of at least 4 members (excludes halogenated alkanes) is 1. The molecule has 4 heterocycles. The number of aromatic amines is 1. The average Bonchev–Trinajstić information content (AvgIpc) is 3.34. The number of rotatable bonds is 7. The summed E-state index contributed by atoms with van der Waals surface area (Å²) in [5.41, 5.74) is 2.84. The van der Waals surface area contributed by atoms with Crippen molar-refractivity contribution in [1.29, 1.82) is 0 Å². The van der Waals surface area contributed by atoms with Crippen molar-refractivity contribution in [1.82, 2.24) is 29.3 Å². The summed E-state index contributed by atoms with van der Waals surface area (Å²) in [4.78, 5) is 18.1. The summed E-state index contributed by atoms with van der Waals surface area (Å²) in [5.74, 6) is 1.21. The first-order chi connectivity index (χ1) is 13.3. The van der Waals surface area contributed by atoms with Crippen LogP contribution in [0, 0.1) is 0 Å². The van der Waals surface area contributed by atoms with Crippen LogP contribution in [0.5, 0.6) is 0 Å². The molecule has 1 spiro atoms. The van der Waals surface area contributed by atoms with Gasteiger partial charge in [0.25, 0.3) is 0 Å². The highest BCUT2D eigenvalue weighted by atomic mass is 15.3. The molecule has 148 valence electrons. The molecule has 6 heteroatoms. The molecule has 27 heavy (non-hydrogen) atoms. The minimum atomic E-state index is 0.137. The molecule has 2 aromatic heterocycles. The van der Waals surface area contributed by atoms with E-state index in [1.807, 2.05) is 12.5 Å². The van der Waals surface area contributed by atoms with Crippen molar-refractivity contribution in [3.63, 3.8) is 0 Å². The highest BCUT2D eigenvalue weighted by Gasteiger charge is 2.46. The molecule has 0 amide bonds. The van der Waals surface area contributed by atoms with Crippen molar-refractivity contribution in [3.05, 3.63) is 35.9 Å². The normalized spacial score (nSPS) is 20.2. The third kappa shape index (κ3) is 3.57. The van der Waals surface area contributed by atoms with Gasteiger partial charge in [-0.15, -0.1) is 0 Å². The Morgan fingerprint density at radius 1 is 1.07 bits per heavy atom. The molecule has 2 aliphatic rings. The highest BCUT2D eigenvalue weighted by molar-refractivity contribution is 5.26. The van der Waals surface area contributed by atoms with Crippen LogP contribution >= 0.6 is 0 Å². The lowest BCUT2D eigenvalue weighted by atomic mass is 9.78. The molecule has 0 aromatic carbocycles. The first-order valence-corrected chi connectivity index (χ1v) is 10.8. The first-order valence-electron chi connectivity index (χ1n) is 10.8. The molecule has 1 saturated heterocycles. The number of hydrogen-bond acceptors (Lipinski definition) is 4. The molecule has 0 atom stereocenters. The van der Waals surface area contributed by atoms with Gasteiger partial charge in [0, 0.05) is 50.7 Å². The molecule has 0 unspecified atom stereocenters. The van der Waals surface area contributed by atoms with Gasteiger partial charge in [-0.05, 0) is 32.2 Å². The standard InChI is InChI=1S/C21H34N6/c1-3-5-11-27-12-6-18-20(24-17-23-18)21(27)7-13-25(14-8-21)16-19-22-9-15-26(19)10-4-2/h9,15,17H,3-8,10-14,16H2,1-2H3,(H,23,24). The Balaban J connectivity index is 1.48. The second-order valence-corrected chi connectivity index (χ2v) is 8.16. The van der Waals surface area contributed by atoms with Crippen LogP contribution < -0.4 is 0 Å². The Kier molecular flexibility index (Phi) is 5.64. The fourth-order valence-corrected chi connectivity index (χ4v) is 4.97. The Bertz CT molecular complexity index is 725. The van der Waals surface area contributed by atoms with Gasteiger partial charge >= 0.3 is 0 Å². The number of H-pyrrole nitrogens is 1. The number of nitrogens with one attached hydrogen (secondary N) is 1. The Labute approximate surface area is 163 Å². The van der Waals surface area contributed by atoms with Crippen LogP contribution in [0.3, 0.4) is 0 Å². The number of imidazole rings is 2. The summed E-state index contributed by atoms with van der Waals surface area (Å²) < 4.78 is 2.31. The molecule has 4 rings (SSSR count). The maximum Gasteiger partial charge on any atom is 0.122 e. The van der Waals surface area contributed by atoms with Gasteiger partial charge in [0.05, 0.1) is 24.1 Å². The molecule has 2 aromatic rings. The third-order valence-electron chi connectivity index (χ3n) is 6.49. The molecular weight excluding hydrogens is 336 g/mol. The molecule has 6 nitrogen and oxygen atoms in total. The van der Waals surface area contributed by atoms with E-state index in [4.69, 9.17) is 4.98 Å². The van der Waals surface area contributed by atoms with Crippen LogP contribution in [0.15, 0.2) is 18.7 Å². The smallest absolute Gasteiger partial charge is 0.122 e. The van der Waals surface area contributed by atoms with E-state index in [1.165, 1.54) is 49.4 Å². The minimum absolute atomic E-state index is 0.137. The monoisotopic (exact) mass is 370 g/mol. The molecule has 1 N–H and O–H groups in total. The van der Waals surface area contributed by atoms with E-state index < -0.39 is 0 Å². The van der Waals surface area contributed by atoms with E-state index >= 15 is 0 Å². The van der Waals surface area contributed by atoms with Gasteiger partial charge in [0.15, 0.2) is 0 Å². The second-order valence-electron chi connectivity index (χ2n) is 8.16. The van der Waals surface area contributed by atoms with E-state index in [2.05, 4.69) is 44.4 Å². The minimum Gasteiger partial charge on any atom is -0.348 e. The van der Waals surface area contributed by atoms with Crippen LogP contribution in [-0.2, 0) is 25.0 Å². The van der Waals surface area contributed by atoms with Crippen molar-refractivity contribution in [2.24, 2.45) is 0 Å². The number of nitrogens with zero attached hydrogens (tertiary/aromatic N) is 5. The van der Waals surface area contributed by atoms with Crippen molar-refractivity contribution >= 4 is 0 Å². The molecule has 0 saturated carbocycles. The van der Waals surface area contributed by atoms with Gasteiger partial charge in [-0.3, -0.25) is 9.80 Å². The molecular formula is C21H34N6. The van der Waals surface area contributed by atoms with Crippen molar-refractivity contribution in [2.75, 3.05) is 26.2 Å². The van der Waals surface area contributed by atoms with Crippen LogP contribution in [0.2, 0.25) is 0 Å². The summed E-state index contributed by atoms with van der Waals surface area (Å²) >= 11 is 0. The maximum atomic E-state index is 4.80. The third-order valence-corrected chi connectivity index (χ3v) is 6.49. The number of fused-ring (bicyclic) bond motifs is 2. The van der Waals surface area contributed by atoms with Crippen molar-refractivity contribution in [2.45, 2.75) is 71.0 Å². The fourth-order valence-electron chi connectivity index (χ4n) is 4.97. The number of hydrogen-bond donors (Lipinski definition) is 1. The SMILES string of the molecule is CCCCN1CCc2[nH]cnc2C12CCN(Cc1nccn1CCC)CC2. The summed E-state index contributed by atoms with van der Waals surface area (Å²) in [5, 5.41) is 0. The topological polar surface area (TPSA) is 53.0 Å². The Hall–Kier alpha value is -1.66. The van der Waals surface area contributed by atoms with Crippen LogP contribution in [0.1, 0.15) is 63.2 Å². The van der Waals surface area contributed by atoms with Gasteiger partial charge in [0.1, 0.15) is 5.82 Å². The Morgan fingerprint density at radius 3 is 2.70 bits per heavy atom. The molecule has 0 bridgehead atoms. The summed E-state index contributed by atoms with van der Waals surface area (Å²) in [6.45, 7) is 11.1. The maximum absolute atomic E-state index is 4.80. The second kappa shape index (κ2) is 8.15. The van der Waals surface area contributed by atoms with Crippen LogP contribution in [0.4, 0.5) is 0 Å². The zero-order chi connectivity index (χ0) is 18.7. The van der Waals surface area contributed by atoms with Crippen LogP contribution in [-0.4, -0.2) is 55.5 Å². The lowest BCUT2D eigenvalue weighted by molar-refractivity contribution is 0.00184. The molecule has 0 radical (unpaired) electrons. The quantitative estimate of drug-likeness (QED) is 0.813. The zero-order valence-corrected chi connectivity index (χ0v) is 17.0. The predicted octanol–water partition coefficient (Wildman–Crippen LogP) is 3.17. The van der Waals surface area contributed by atoms with E-state index in [1.54, 1.807) is 0 Å². The largest absolute Gasteiger partial charge is 0.348 e. The van der Waals surface area contributed by atoms with Gasteiger partial charge in [-0.1, -0.05) is 20.3 Å². The number of aryl methyl sites for hydroxylation is 1. The van der Waals surface area contributed by atoms with E-state index in [-0.39, 0.29) is 5.54 Å². The molecule has 1 fully saturated rings. The molecule has 0 aliphatic carbocycles. The van der Waals surface area contributed by atoms with Crippen LogP contribution in [0.25, 0.3) is 0 Å². The first kappa shape index (κ1) is 18.7. The zero-order valence-electron chi connectivity index (χ0n) is 17.0. The van der Waals surface area contributed by atoms with Gasteiger partial charge in [-0.25, -0.2) is 9.97 Å². The van der Waals surface area contributed by atoms with E-state index in [0.717, 1.165) is 45.6 Å². The van der Waals surface area contributed by atoms with Gasteiger partial charge in [0.2, 0.25) is 0 Å². The summed E-state index contributed by atoms with van der Waals surface area (Å²) in [7, 11) is 0. The number of aromatic nitrogens is 4. The fraction of sp³-hybridized carbons (Fsp3) is 0.714. The van der Waals surface area contributed by atoms with E-state index in [9.17, 15) is 0 Å².